The molecule has 0 saturated carbocycles. The molecule has 4 rings (SSSR count). The van der Waals surface area contributed by atoms with Crippen LogP contribution in [0.4, 0.5) is 17.6 Å². The van der Waals surface area contributed by atoms with Crippen LogP contribution in [0.1, 0.15) is 40.3 Å². The summed E-state index contributed by atoms with van der Waals surface area (Å²) >= 11 is 0. The SMILES string of the molecule is O=C(NC1CCN(CC(F)(F)F)CC1)c1nc2cc(F)cc(C(=O)NCC3CCO3)c2o1. The maximum absolute atomic E-state index is 14.0. The van der Waals surface area contributed by atoms with Crippen LogP contribution in [0.2, 0.25) is 0 Å². The summed E-state index contributed by atoms with van der Waals surface area (Å²) in [4.78, 5) is 30.3. The molecular weight excluding hydrogens is 436 g/mol. The molecule has 0 aliphatic carbocycles. The number of piperidine rings is 1. The fourth-order valence-electron chi connectivity index (χ4n) is 3.75. The van der Waals surface area contributed by atoms with Gasteiger partial charge in [-0.15, -0.1) is 0 Å². The third-order valence-electron chi connectivity index (χ3n) is 5.50. The molecule has 0 spiro atoms. The van der Waals surface area contributed by atoms with E-state index in [2.05, 4.69) is 15.6 Å². The molecule has 1 aromatic heterocycles. The molecule has 1 aromatic carbocycles. The van der Waals surface area contributed by atoms with E-state index in [4.69, 9.17) is 9.15 Å². The predicted octanol–water partition coefficient (Wildman–Crippen LogP) is 2.24. The number of benzene rings is 1. The molecule has 1 unspecified atom stereocenters. The van der Waals surface area contributed by atoms with E-state index in [1.807, 2.05) is 0 Å². The Hall–Kier alpha value is -2.73. The number of hydrogen-bond donors (Lipinski definition) is 2. The van der Waals surface area contributed by atoms with Crippen LogP contribution < -0.4 is 10.6 Å². The minimum atomic E-state index is -4.27. The van der Waals surface area contributed by atoms with Crippen molar-refractivity contribution in [1.82, 2.24) is 20.5 Å². The second-order valence-electron chi connectivity index (χ2n) is 7.95. The number of nitrogens with one attached hydrogen (secondary N) is 2. The lowest BCUT2D eigenvalue weighted by atomic mass is 10.1. The number of alkyl halides is 3. The molecule has 2 aliphatic rings. The van der Waals surface area contributed by atoms with Crippen LogP contribution >= 0.6 is 0 Å². The summed E-state index contributed by atoms with van der Waals surface area (Å²) in [7, 11) is 0. The molecule has 0 radical (unpaired) electrons. The highest BCUT2D eigenvalue weighted by Gasteiger charge is 2.33. The lowest BCUT2D eigenvalue weighted by molar-refractivity contribution is -0.148. The van der Waals surface area contributed by atoms with Gasteiger partial charge in [0.15, 0.2) is 5.58 Å². The summed E-state index contributed by atoms with van der Waals surface area (Å²) in [5.74, 6) is -2.31. The molecule has 2 fully saturated rings. The Kier molecular flexibility index (Phi) is 6.33. The molecule has 2 aliphatic heterocycles. The number of likely N-dealkylation sites (tertiary alicyclic amines) is 1. The van der Waals surface area contributed by atoms with Crippen LogP contribution in [0, 0.1) is 5.82 Å². The van der Waals surface area contributed by atoms with Crippen molar-refractivity contribution >= 4 is 22.9 Å². The Bertz CT molecular complexity index is 997. The number of hydrogen-bond acceptors (Lipinski definition) is 6. The van der Waals surface area contributed by atoms with Gasteiger partial charge in [0.2, 0.25) is 0 Å². The standard InChI is InChI=1S/C20H22F4N4O4/c21-11-7-14(17(29)25-9-13-3-6-31-13)16-15(8-11)27-19(32-16)18(30)26-12-1-4-28(5-2-12)10-20(22,23)24/h7-8,12-13H,1-6,9-10H2,(H,25,29)(H,26,30). The molecule has 8 nitrogen and oxygen atoms in total. The van der Waals surface area contributed by atoms with Crippen molar-refractivity contribution in [3.63, 3.8) is 0 Å². The molecule has 1 atom stereocenters. The Morgan fingerprint density at radius 3 is 2.50 bits per heavy atom. The number of nitrogens with zero attached hydrogens (tertiary/aromatic N) is 2. The third kappa shape index (κ3) is 5.36. The van der Waals surface area contributed by atoms with Gasteiger partial charge in [0, 0.05) is 38.3 Å². The van der Waals surface area contributed by atoms with Gasteiger partial charge in [0.25, 0.3) is 11.8 Å². The van der Waals surface area contributed by atoms with Gasteiger partial charge in [-0.2, -0.15) is 13.2 Å². The number of ether oxygens (including phenoxy) is 1. The molecule has 2 N–H and O–H groups in total. The van der Waals surface area contributed by atoms with Gasteiger partial charge in [-0.05, 0) is 25.3 Å². The molecule has 12 heteroatoms. The highest BCUT2D eigenvalue weighted by molar-refractivity contribution is 6.05. The van der Waals surface area contributed by atoms with Gasteiger partial charge in [0.1, 0.15) is 11.3 Å². The fourth-order valence-corrected chi connectivity index (χ4v) is 3.75. The fraction of sp³-hybridized carbons (Fsp3) is 0.550. The summed E-state index contributed by atoms with van der Waals surface area (Å²) < 4.78 is 62.2. The van der Waals surface area contributed by atoms with Gasteiger partial charge < -0.3 is 19.8 Å². The van der Waals surface area contributed by atoms with E-state index in [0.29, 0.717) is 19.4 Å². The summed E-state index contributed by atoms with van der Waals surface area (Å²) in [5.41, 5.74) is -0.102. The first kappa shape index (κ1) is 22.5. The zero-order chi connectivity index (χ0) is 22.9. The Balaban J connectivity index is 1.41. The number of rotatable bonds is 6. The van der Waals surface area contributed by atoms with Crippen LogP contribution in [0.25, 0.3) is 11.1 Å². The minimum absolute atomic E-state index is 0.0141. The van der Waals surface area contributed by atoms with Crippen molar-refractivity contribution in [1.29, 1.82) is 0 Å². The van der Waals surface area contributed by atoms with E-state index in [1.54, 1.807) is 0 Å². The number of carbonyl (C=O) groups excluding carboxylic acids is 2. The minimum Gasteiger partial charge on any atom is -0.431 e. The maximum atomic E-state index is 14.0. The zero-order valence-corrected chi connectivity index (χ0v) is 17.0. The zero-order valence-electron chi connectivity index (χ0n) is 17.0. The largest absolute Gasteiger partial charge is 0.431 e. The normalized spacial score (nSPS) is 20.2. The van der Waals surface area contributed by atoms with Crippen LogP contribution in [0.5, 0.6) is 0 Å². The lowest BCUT2D eigenvalue weighted by Gasteiger charge is -2.32. The summed E-state index contributed by atoms with van der Waals surface area (Å²) in [6, 6.07) is 1.71. The summed E-state index contributed by atoms with van der Waals surface area (Å²) in [6.45, 7) is 0.302. The van der Waals surface area contributed by atoms with Crippen molar-refractivity contribution in [3.05, 3.63) is 29.4 Å². The number of amides is 2. The van der Waals surface area contributed by atoms with E-state index in [9.17, 15) is 27.2 Å². The monoisotopic (exact) mass is 458 g/mol. The second-order valence-corrected chi connectivity index (χ2v) is 7.95. The van der Waals surface area contributed by atoms with Gasteiger partial charge in [-0.25, -0.2) is 9.37 Å². The van der Waals surface area contributed by atoms with E-state index >= 15 is 0 Å². The first-order chi connectivity index (χ1) is 15.2. The topological polar surface area (TPSA) is 96.7 Å². The highest BCUT2D eigenvalue weighted by Crippen LogP contribution is 2.23. The second kappa shape index (κ2) is 9.02. The van der Waals surface area contributed by atoms with Crippen LogP contribution in [0.3, 0.4) is 0 Å². The van der Waals surface area contributed by atoms with Gasteiger partial charge in [0.05, 0.1) is 18.2 Å². The molecule has 2 aromatic rings. The summed E-state index contributed by atoms with van der Waals surface area (Å²) in [5, 5.41) is 5.33. The van der Waals surface area contributed by atoms with E-state index in [1.165, 1.54) is 4.90 Å². The number of fused-ring (bicyclic) bond motifs is 1. The highest BCUT2D eigenvalue weighted by atomic mass is 19.4. The maximum Gasteiger partial charge on any atom is 0.401 e. The molecule has 174 valence electrons. The molecule has 3 heterocycles. The Morgan fingerprint density at radius 2 is 1.88 bits per heavy atom. The average molecular weight is 458 g/mol. The van der Waals surface area contributed by atoms with Crippen molar-refractivity contribution < 1.29 is 36.3 Å². The van der Waals surface area contributed by atoms with Gasteiger partial charge >= 0.3 is 12.1 Å². The Morgan fingerprint density at radius 1 is 1.16 bits per heavy atom. The smallest absolute Gasteiger partial charge is 0.401 e. The number of oxazole rings is 1. The Labute approximate surface area is 180 Å². The van der Waals surface area contributed by atoms with Crippen LogP contribution in [0.15, 0.2) is 16.5 Å². The van der Waals surface area contributed by atoms with Crippen molar-refractivity contribution in [2.75, 3.05) is 32.8 Å². The predicted molar refractivity (Wildman–Crippen MR) is 104 cm³/mol. The first-order valence-corrected chi connectivity index (χ1v) is 10.3. The number of halogens is 4. The quantitative estimate of drug-likeness (QED) is 0.645. The lowest BCUT2D eigenvalue weighted by Crippen LogP contribution is -2.47. The average Bonchev–Trinajstić information content (AvgIpc) is 3.10. The molecular formula is C20H22F4N4O4. The summed E-state index contributed by atoms with van der Waals surface area (Å²) in [6.07, 6.45) is -2.85. The molecule has 2 amide bonds. The third-order valence-corrected chi connectivity index (χ3v) is 5.50. The van der Waals surface area contributed by atoms with Crippen molar-refractivity contribution in [3.8, 4) is 0 Å². The molecule has 2 saturated heterocycles. The van der Waals surface area contributed by atoms with Gasteiger partial charge in [-0.3, -0.25) is 14.5 Å². The first-order valence-electron chi connectivity index (χ1n) is 10.3. The molecule has 0 bridgehead atoms. The van der Waals surface area contributed by atoms with Gasteiger partial charge in [-0.1, -0.05) is 0 Å². The van der Waals surface area contributed by atoms with E-state index in [-0.39, 0.29) is 54.3 Å². The van der Waals surface area contributed by atoms with E-state index in [0.717, 1.165) is 18.6 Å². The van der Waals surface area contributed by atoms with Crippen molar-refractivity contribution in [2.24, 2.45) is 0 Å². The van der Waals surface area contributed by atoms with Crippen LogP contribution in [-0.2, 0) is 4.74 Å². The number of aromatic nitrogens is 1. The van der Waals surface area contributed by atoms with Crippen molar-refractivity contribution in [2.45, 2.75) is 37.6 Å². The van der Waals surface area contributed by atoms with Crippen LogP contribution in [-0.4, -0.2) is 72.8 Å². The number of carbonyl (C=O) groups is 2. The molecule has 32 heavy (non-hydrogen) atoms. The van der Waals surface area contributed by atoms with E-state index < -0.39 is 30.4 Å².